The number of rotatable bonds is 7. The van der Waals surface area contributed by atoms with E-state index in [1.807, 2.05) is 42.5 Å². The Hall–Kier alpha value is -2.90. The second kappa shape index (κ2) is 8.63. The van der Waals surface area contributed by atoms with E-state index in [0.717, 1.165) is 20.6 Å². The lowest BCUT2D eigenvalue weighted by Gasteiger charge is -2.16. The number of amides is 1. The van der Waals surface area contributed by atoms with Gasteiger partial charge < -0.3 is 10.1 Å². The lowest BCUT2D eigenvalue weighted by atomic mass is 10.0. The summed E-state index contributed by atoms with van der Waals surface area (Å²) in [5.41, 5.74) is 1.29. The number of carbonyl (C=O) groups excluding carboxylic acids is 1. The van der Waals surface area contributed by atoms with E-state index in [1.54, 1.807) is 19.1 Å². The first-order chi connectivity index (χ1) is 13.8. The molecule has 0 radical (unpaired) electrons. The van der Waals surface area contributed by atoms with Crippen LogP contribution in [0.2, 0.25) is 0 Å². The van der Waals surface area contributed by atoms with Gasteiger partial charge in [0.05, 0.1) is 13.0 Å². The first-order valence-corrected chi connectivity index (χ1v) is 10.7. The van der Waals surface area contributed by atoms with Crippen molar-refractivity contribution in [1.29, 1.82) is 0 Å². The van der Waals surface area contributed by atoms with Crippen LogP contribution in [0.5, 0.6) is 5.75 Å². The van der Waals surface area contributed by atoms with Crippen LogP contribution in [-0.2, 0) is 21.2 Å². The highest BCUT2D eigenvalue weighted by atomic mass is 32.2. The van der Waals surface area contributed by atoms with Crippen molar-refractivity contribution in [3.8, 4) is 5.75 Å². The van der Waals surface area contributed by atoms with E-state index in [0.29, 0.717) is 12.3 Å². The Labute approximate surface area is 171 Å². The Bertz CT molecular complexity index is 1140. The van der Waals surface area contributed by atoms with Gasteiger partial charge >= 0.3 is 0 Å². The van der Waals surface area contributed by atoms with Gasteiger partial charge in [-0.15, -0.1) is 0 Å². The third-order valence-corrected chi connectivity index (χ3v) is 6.30. The monoisotopic (exact) mass is 412 g/mol. The predicted molar refractivity (Wildman–Crippen MR) is 115 cm³/mol. The molecule has 0 aliphatic rings. The number of sulfonamides is 1. The number of hydrogen-bond donors (Lipinski definition) is 1. The molecule has 3 aromatic carbocycles. The molecule has 0 bridgehead atoms. The van der Waals surface area contributed by atoms with Gasteiger partial charge in [-0.3, -0.25) is 4.79 Å². The van der Waals surface area contributed by atoms with Gasteiger partial charge in [-0.05, 0) is 41.5 Å². The third kappa shape index (κ3) is 4.75. The normalized spacial score (nSPS) is 11.6. The van der Waals surface area contributed by atoms with Gasteiger partial charge in [0.2, 0.25) is 15.9 Å². The zero-order valence-electron chi connectivity index (χ0n) is 16.7. The number of anilines is 1. The molecule has 0 aliphatic heterocycles. The van der Waals surface area contributed by atoms with Gasteiger partial charge in [0.25, 0.3) is 0 Å². The van der Waals surface area contributed by atoms with Gasteiger partial charge in [-0.2, -0.15) is 0 Å². The van der Waals surface area contributed by atoms with Crippen LogP contribution in [0.25, 0.3) is 10.8 Å². The van der Waals surface area contributed by atoms with Crippen LogP contribution in [-0.4, -0.2) is 39.3 Å². The summed E-state index contributed by atoms with van der Waals surface area (Å²) in [7, 11) is -0.805. The SMILES string of the molecule is CCOc1ccc(NC(=O)Cc2ccc3ccccc3c2)cc1S(=O)(=O)N(C)C. The quantitative estimate of drug-likeness (QED) is 0.642. The maximum absolute atomic E-state index is 12.6. The topological polar surface area (TPSA) is 75.7 Å². The summed E-state index contributed by atoms with van der Waals surface area (Å²) < 4.78 is 31.8. The molecule has 0 aromatic heterocycles. The second-order valence-electron chi connectivity index (χ2n) is 6.79. The van der Waals surface area contributed by atoms with Crippen LogP contribution < -0.4 is 10.1 Å². The molecule has 7 heteroatoms. The Morgan fingerprint density at radius 1 is 1.00 bits per heavy atom. The molecule has 0 unspecified atom stereocenters. The lowest BCUT2D eigenvalue weighted by Crippen LogP contribution is -2.23. The smallest absolute Gasteiger partial charge is 0.246 e. The molecule has 3 rings (SSSR count). The van der Waals surface area contributed by atoms with Gasteiger partial charge in [0.1, 0.15) is 10.6 Å². The number of benzene rings is 3. The van der Waals surface area contributed by atoms with Crippen LogP contribution in [0.1, 0.15) is 12.5 Å². The summed E-state index contributed by atoms with van der Waals surface area (Å²) in [6.07, 6.45) is 0.188. The van der Waals surface area contributed by atoms with Crippen molar-refractivity contribution in [2.75, 3.05) is 26.0 Å². The molecular formula is C22H24N2O4S. The largest absolute Gasteiger partial charge is 0.492 e. The predicted octanol–water partition coefficient (Wildman–Crippen LogP) is 3.67. The zero-order chi connectivity index (χ0) is 21.0. The molecule has 3 aromatic rings. The fourth-order valence-electron chi connectivity index (χ4n) is 3.00. The summed E-state index contributed by atoms with van der Waals surface area (Å²) in [5, 5.41) is 4.96. The van der Waals surface area contributed by atoms with Crippen molar-refractivity contribution >= 4 is 32.4 Å². The van der Waals surface area contributed by atoms with Crippen LogP contribution >= 0.6 is 0 Å². The van der Waals surface area contributed by atoms with E-state index in [1.165, 1.54) is 20.2 Å². The van der Waals surface area contributed by atoms with Crippen LogP contribution in [0.4, 0.5) is 5.69 Å². The molecule has 0 spiro atoms. The molecule has 0 saturated carbocycles. The molecule has 6 nitrogen and oxygen atoms in total. The minimum absolute atomic E-state index is 0.0212. The van der Waals surface area contributed by atoms with Crippen molar-refractivity contribution in [3.63, 3.8) is 0 Å². The molecule has 1 amide bonds. The average molecular weight is 413 g/mol. The minimum Gasteiger partial charge on any atom is -0.492 e. The first-order valence-electron chi connectivity index (χ1n) is 9.28. The maximum atomic E-state index is 12.6. The Kier molecular flexibility index (Phi) is 6.20. The van der Waals surface area contributed by atoms with E-state index < -0.39 is 10.0 Å². The molecular weight excluding hydrogens is 388 g/mol. The summed E-state index contributed by atoms with van der Waals surface area (Å²) >= 11 is 0. The zero-order valence-corrected chi connectivity index (χ0v) is 17.5. The molecule has 0 saturated heterocycles. The number of ether oxygens (including phenoxy) is 1. The molecule has 0 atom stereocenters. The molecule has 0 heterocycles. The average Bonchev–Trinajstić information content (AvgIpc) is 2.69. The number of fused-ring (bicyclic) bond motifs is 1. The number of nitrogens with zero attached hydrogens (tertiary/aromatic N) is 1. The third-order valence-electron chi connectivity index (χ3n) is 4.46. The minimum atomic E-state index is -3.71. The van der Waals surface area contributed by atoms with Gasteiger partial charge in [0, 0.05) is 19.8 Å². The van der Waals surface area contributed by atoms with E-state index in [9.17, 15) is 13.2 Å². The highest BCUT2D eigenvalue weighted by Gasteiger charge is 2.23. The van der Waals surface area contributed by atoms with E-state index in [2.05, 4.69) is 5.32 Å². The molecule has 1 N–H and O–H groups in total. The molecule has 29 heavy (non-hydrogen) atoms. The van der Waals surface area contributed by atoms with Crippen LogP contribution in [0.15, 0.2) is 65.6 Å². The summed E-state index contributed by atoms with van der Waals surface area (Å²) in [5.74, 6) is 0.0337. The summed E-state index contributed by atoms with van der Waals surface area (Å²) in [6.45, 7) is 2.12. The van der Waals surface area contributed by atoms with E-state index >= 15 is 0 Å². The maximum Gasteiger partial charge on any atom is 0.246 e. The fraction of sp³-hybridized carbons (Fsp3) is 0.227. The van der Waals surface area contributed by atoms with Gasteiger partial charge in [-0.25, -0.2) is 12.7 Å². The van der Waals surface area contributed by atoms with Crippen molar-refractivity contribution in [2.24, 2.45) is 0 Å². The fourth-order valence-corrected chi connectivity index (χ4v) is 4.05. The summed E-state index contributed by atoms with van der Waals surface area (Å²) in [4.78, 5) is 12.5. The standard InChI is InChI=1S/C22H24N2O4S/c1-4-28-20-12-11-19(15-21(20)29(26,27)24(2)3)23-22(25)14-16-9-10-17-7-5-6-8-18(17)13-16/h5-13,15H,4,14H2,1-3H3,(H,23,25). The number of hydrogen-bond acceptors (Lipinski definition) is 4. The Balaban J connectivity index is 1.82. The summed E-state index contributed by atoms with van der Waals surface area (Å²) in [6, 6.07) is 18.5. The number of nitrogens with one attached hydrogen (secondary N) is 1. The van der Waals surface area contributed by atoms with Crippen molar-refractivity contribution < 1.29 is 17.9 Å². The highest BCUT2D eigenvalue weighted by molar-refractivity contribution is 7.89. The molecule has 0 fully saturated rings. The van der Waals surface area contributed by atoms with Crippen LogP contribution in [0, 0.1) is 0 Å². The van der Waals surface area contributed by atoms with Gasteiger partial charge in [-0.1, -0.05) is 42.5 Å². The van der Waals surface area contributed by atoms with Crippen LogP contribution in [0.3, 0.4) is 0 Å². The Morgan fingerprint density at radius 2 is 1.72 bits per heavy atom. The second-order valence-corrected chi connectivity index (χ2v) is 8.91. The van der Waals surface area contributed by atoms with Crippen molar-refractivity contribution in [2.45, 2.75) is 18.2 Å². The molecule has 0 aliphatic carbocycles. The van der Waals surface area contributed by atoms with E-state index in [4.69, 9.17) is 4.74 Å². The van der Waals surface area contributed by atoms with Gasteiger partial charge in [0.15, 0.2) is 0 Å². The number of carbonyl (C=O) groups is 1. The highest BCUT2D eigenvalue weighted by Crippen LogP contribution is 2.29. The molecule has 152 valence electrons. The lowest BCUT2D eigenvalue weighted by molar-refractivity contribution is -0.115. The Morgan fingerprint density at radius 3 is 2.41 bits per heavy atom. The first kappa shape index (κ1) is 20.8. The van der Waals surface area contributed by atoms with Crippen molar-refractivity contribution in [1.82, 2.24) is 4.31 Å². The van der Waals surface area contributed by atoms with Crippen molar-refractivity contribution in [3.05, 3.63) is 66.2 Å². The van der Waals surface area contributed by atoms with E-state index in [-0.39, 0.29) is 23.0 Å².